The summed E-state index contributed by atoms with van der Waals surface area (Å²) in [7, 11) is 0. The molecule has 0 heterocycles. The Morgan fingerprint density at radius 1 is 0.955 bits per heavy atom. The predicted octanol–water partition coefficient (Wildman–Crippen LogP) is 2.44. The zero-order valence-corrected chi connectivity index (χ0v) is 12.6. The van der Waals surface area contributed by atoms with Crippen LogP contribution in [-0.2, 0) is 13.1 Å². The molecule has 0 aliphatic heterocycles. The Morgan fingerprint density at radius 2 is 1.55 bits per heavy atom. The van der Waals surface area contributed by atoms with Crippen LogP contribution in [0, 0.1) is 0 Å². The molecular formula is C16H16ClN3O2. The zero-order valence-electron chi connectivity index (χ0n) is 11.8. The first-order valence-corrected chi connectivity index (χ1v) is 7.07. The molecule has 0 saturated heterocycles. The fourth-order valence-electron chi connectivity index (χ4n) is 1.91. The molecule has 114 valence electrons. The van der Waals surface area contributed by atoms with Gasteiger partial charge in [0.15, 0.2) is 0 Å². The third-order valence-corrected chi connectivity index (χ3v) is 3.24. The van der Waals surface area contributed by atoms with E-state index in [1.165, 1.54) is 0 Å². The van der Waals surface area contributed by atoms with Crippen LogP contribution in [-0.4, -0.2) is 11.9 Å². The van der Waals surface area contributed by atoms with Gasteiger partial charge in [-0.05, 0) is 35.4 Å². The number of nitrogens with one attached hydrogen (secondary N) is 2. The lowest BCUT2D eigenvalue weighted by atomic mass is 10.1. The molecule has 0 aromatic heterocycles. The van der Waals surface area contributed by atoms with E-state index < -0.39 is 5.91 Å². The van der Waals surface area contributed by atoms with Crippen LogP contribution in [0.5, 0.6) is 0 Å². The highest BCUT2D eigenvalue weighted by Crippen LogP contribution is 2.10. The van der Waals surface area contributed by atoms with Gasteiger partial charge in [-0.1, -0.05) is 35.9 Å². The summed E-state index contributed by atoms with van der Waals surface area (Å²) in [6.07, 6.45) is 0. The Labute approximate surface area is 133 Å². The number of hydrogen-bond donors (Lipinski definition) is 3. The van der Waals surface area contributed by atoms with Crippen molar-refractivity contribution in [2.75, 3.05) is 0 Å². The summed E-state index contributed by atoms with van der Waals surface area (Å²) in [5, 5.41) is 6.08. The van der Waals surface area contributed by atoms with E-state index in [-0.39, 0.29) is 6.03 Å². The number of halogens is 1. The van der Waals surface area contributed by atoms with Crippen LogP contribution in [0.25, 0.3) is 0 Å². The molecule has 0 unspecified atom stereocenters. The molecule has 2 aromatic carbocycles. The number of hydrogen-bond acceptors (Lipinski definition) is 2. The molecule has 4 N–H and O–H groups in total. The van der Waals surface area contributed by atoms with Crippen molar-refractivity contribution < 1.29 is 9.59 Å². The average Bonchev–Trinajstić information content (AvgIpc) is 2.51. The van der Waals surface area contributed by atoms with Crippen molar-refractivity contribution in [3.8, 4) is 0 Å². The van der Waals surface area contributed by atoms with Gasteiger partial charge in [0.2, 0.25) is 5.91 Å². The summed E-state index contributed by atoms with van der Waals surface area (Å²) >= 11 is 5.88. The number of urea groups is 1. The number of benzene rings is 2. The molecule has 0 saturated carbocycles. The van der Waals surface area contributed by atoms with Gasteiger partial charge in [-0.15, -0.1) is 0 Å². The van der Waals surface area contributed by atoms with Gasteiger partial charge in [-0.2, -0.15) is 0 Å². The molecular weight excluding hydrogens is 302 g/mol. The minimum absolute atomic E-state index is 0.301. The third kappa shape index (κ3) is 4.79. The fourth-order valence-corrected chi connectivity index (χ4v) is 2.12. The Kier molecular flexibility index (Phi) is 5.38. The van der Waals surface area contributed by atoms with Gasteiger partial charge in [0.1, 0.15) is 0 Å². The molecule has 3 amide bonds. The molecule has 2 aromatic rings. The van der Waals surface area contributed by atoms with Gasteiger partial charge in [0.05, 0.1) is 0 Å². The Balaban J connectivity index is 1.83. The minimum Gasteiger partial charge on any atom is -0.366 e. The standard InChI is InChI=1S/C16H16ClN3O2/c17-14-6-2-4-12(8-14)10-20-16(22)19-9-11-3-1-5-13(7-11)15(18)21/h1-8H,9-10H2,(H2,18,21)(H2,19,20,22). The number of primary amides is 1. The maximum absolute atomic E-state index is 11.7. The molecule has 22 heavy (non-hydrogen) atoms. The molecule has 0 fully saturated rings. The van der Waals surface area contributed by atoms with Crippen molar-refractivity contribution >= 4 is 23.5 Å². The van der Waals surface area contributed by atoms with E-state index >= 15 is 0 Å². The van der Waals surface area contributed by atoms with Gasteiger partial charge in [-0.25, -0.2) is 4.79 Å². The van der Waals surface area contributed by atoms with Crippen LogP contribution < -0.4 is 16.4 Å². The monoisotopic (exact) mass is 317 g/mol. The van der Waals surface area contributed by atoms with Crippen LogP contribution in [0.1, 0.15) is 21.5 Å². The van der Waals surface area contributed by atoms with Crippen molar-refractivity contribution in [3.63, 3.8) is 0 Å². The fraction of sp³-hybridized carbons (Fsp3) is 0.125. The summed E-state index contributed by atoms with van der Waals surface area (Å²) in [6.45, 7) is 0.691. The van der Waals surface area contributed by atoms with E-state index in [2.05, 4.69) is 10.6 Å². The summed E-state index contributed by atoms with van der Waals surface area (Å²) < 4.78 is 0. The number of carbonyl (C=O) groups excluding carboxylic acids is 2. The third-order valence-electron chi connectivity index (χ3n) is 3.01. The maximum atomic E-state index is 11.7. The summed E-state index contributed by atoms with van der Waals surface area (Å²) in [5.74, 6) is -0.493. The van der Waals surface area contributed by atoms with Crippen LogP contribution >= 0.6 is 11.6 Å². The van der Waals surface area contributed by atoms with Gasteiger partial charge < -0.3 is 16.4 Å². The molecule has 0 bridgehead atoms. The van der Waals surface area contributed by atoms with E-state index in [1.54, 1.807) is 30.3 Å². The lowest BCUT2D eigenvalue weighted by molar-refractivity contribution is 0.1000. The summed E-state index contributed by atoms with van der Waals surface area (Å²) in [5.41, 5.74) is 7.34. The second-order valence-corrected chi connectivity index (χ2v) is 5.17. The van der Waals surface area contributed by atoms with Gasteiger partial charge in [0.25, 0.3) is 0 Å². The van der Waals surface area contributed by atoms with Crippen LogP contribution in [0.4, 0.5) is 4.79 Å². The van der Waals surface area contributed by atoms with Crippen LogP contribution in [0.2, 0.25) is 5.02 Å². The molecule has 5 nitrogen and oxygen atoms in total. The van der Waals surface area contributed by atoms with E-state index in [0.29, 0.717) is 23.7 Å². The number of amides is 3. The van der Waals surface area contributed by atoms with Gasteiger partial charge in [-0.3, -0.25) is 4.79 Å². The minimum atomic E-state index is -0.493. The highest BCUT2D eigenvalue weighted by atomic mass is 35.5. The molecule has 0 atom stereocenters. The van der Waals surface area contributed by atoms with Crippen molar-refractivity contribution in [3.05, 3.63) is 70.2 Å². The van der Waals surface area contributed by atoms with E-state index in [1.807, 2.05) is 18.2 Å². The molecule has 0 spiro atoms. The highest BCUT2D eigenvalue weighted by Gasteiger charge is 2.04. The van der Waals surface area contributed by atoms with Gasteiger partial charge >= 0.3 is 6.03 Å². The quantitative estimate of drug-likeness (QED) is 0.791. The first kappa shape index (κ1) is 15.9. The van der Waals surface area contributed by atoms with Crippen LogP contribution in [0.3, 0.4) is 0 Å². The smallest absolute Gasteiger partial charge is 0.315 e. The highest BCUT2D eigenvalue weighted by molar-refractivity contribution is 6.30. The SMILES string of the molecule is NC(=O)c1cccc(CNC(=O)NCc2cccc(Cl)c2)c1. The van der Waals surface area contributed by atoms with Gasteiger partial charge in [0, 0.05) is 23.7 Å². The van der Waals surface area contributed by atoms with Crippen molar-refractivity contribution in [2.24, 2.45) is 5.73 Å². The lowest BCUT2D eigenvalue weighted by Crippen LogP contribution is -2.34. The van der Waals surface area contributed by atoms with Crippen LogP contribution in [0.15, 0.2) is 48.5 Å². The Bertz CT molecular complexity index is 689. The molecule has 2 rings (SSSR count). The summed E-state index contributed by atoms with van der Waals surface area (Å²) in [6, 6.07) is 13.8. The second kappa shape index (κ2) is 7.47. The average molecular weight is 318 g/mol. The zero-order chi connectivity index (χ0) is 15.9. The molecule has 0 aliphatic rings. The Hall–Kier alpha value is -2.53. The molecule has 0 radical (unpaired) electrons. The van der Waals surface area contributed by atoms with Crippen molar-refractivity contribution in [1.82, 2.24) is 10.6 Å². The summed E-state index contributed by atoms with van der Waals surface area (Å²) in [4.78, 5) is 22.8. The van der Waals surface area contributed by atoms with E-state index in [9.17, 15) is 9.59 Å². The maximum Gasteiger partial charge on any atom is 0.315 e. The number of nitrogens with two attached hydrogens (primary N) is 1. The molecule has 6 heteroatoms. The van der Waals surface area contributed by atoms with E-state index in [4.69, 9.17) is 17.3 Å². The lowest BCUT2D eigenvalue weighted by Gasteiger charge is -2.08. The second-order valence-electron chi connectivity index (χ2n) is 4.73. The molecule has 0 aliphatic carbocycles. The predicted molar refractivity (Wildman–Crippen MR) is 85.5 cm³/mol. The first-order valence-electron chi connectivity index (χ1n) is 6.69. The first-order chi connectivity index (χ1) is 10.5. The normalized spacial score (nSPS) is 10.0. The number of rotatable bonds is 5. The number of carbonyl (C=O) groups is 2. The Morgan fingerprint density at radius 3 is 2.14 bits per heavy atom. The van der Waals surface area contributed by atoms with Crippen molar-refractivity contribution in [1.29, 1.82) is 0 Å². The largest absolute Gasteiger partial charge is 0.366 e. The topological polar surface area (TPSA) is 84.2 Å². The van der Waals surface area contributed by atoms with Crippen molar-refractivity contribution in [2.45, 2.75) is 13.1 Å². The van der Waals surface area contributed by atoms with E-state index in [0.717, 1.165) is 11.1 Å².